The van der Waals surface area contributed by atoms with Gasteiger partial charge in [0.2, 0.25) is 5.91 Å². The SMILES string of the molecule is Cc1cc(C)n([C@H]2CCN(c3ncnc4c3CCN(C(=O)C3CC3)C4)C2)n1. The van der Waals surface area contributed by atoms with Gasteiger partial charge in [-0.15, -0.1) is 0 Å². The topological polar surface area (TPSA) is 67.2 Å². The van der Waals surface area contributed by atoms with E-state index in [1.807, 2.05) is 11.8 Å². The second-order valence-corrected chi connectivity index (χ2v) is 8.17. The molecule has 0 aromatic carbocycles. The summed E-state index contributed by atoms with van der Waals surface area (Å²) in [5.41, 5.74) is 4.55. The van der Waals surface area contributed by atoms with E-state index in [2.05, 4.69) is 37.6 Å². The van der Waals surface area contributed by atoms with Crippen LogP contribution in [0.4, 0.5) is 5.82 Å². The molecule has 142 valence electrons. The summed E-state index contributed by atoms with van der Waals surface area (Å²) < 4.78 is 2.17. The normalized spacial score (nSPS) is 22.2. The molecule has 1 amide bonds. The van der Waals surface area contributed by atoms with Crippen LogP contribution in [-0.2, 0) is 17.8 Å². The predicted molar refractivity (Wildman–Crippen MR) is 101 cm³/mol. The number of nitrogens with zero attached hydrogens (tertiary/aromatic N) is 6. The van der Waals surface area contributed by atoms with Gasteiger partial charge in [0.05, 0.1) is 24.0 Å². The fourth-order valence-corrected chi connectivity index (χ4v) is 4.54. The lowest BCUT2D eigenvalue weighted by atomic mass is 10.0. The minimum atomic E-state index is 0.271. The first-order valence-corrected chi connectivity index (χ1v) is 9.99. The van der Waals surface area contributed by atoms with E-state index in [1.54, 1.807) is 6.33 Å². The Bertz CT molecular complexity index is 887. The zero-order valence-corrected chi connectivity index (χ0v) is 16.1. The van der Waals surface area contributed by atoms with Crippen molar-refractivity contribution in [3.05, 3.63) is 35.0 Å². The lowest BCUT2D eigenvalue weighted by Crippen LogP contribution is -2.38. The van der Waals surface area contributed by atoms with Crippen LogP contribution in [0.25, 0.3) is 0 Å². The Balaban J connectivity index is 1.35. The zero-order valence-electron chi connectivity index (χ0n) is 16.1. The monoisotopic (exact) mass is 366 g/mol. The van der Waals surface area contributed by atoms with Gasteiger partial charge in [-0.3, -0.25) is 9.48 Å². The summed E-state index contributed by atoms with van der Waals surface area (Å²) in [6.45, 7) is 7.51. The highest BCUT2D eigenvalue weighted by atomic mass is 16.2. The van der Waals surface area contributed by atoms with Crippen LogP contribution in [0.1, 0.15) is 47.9 Å². The standard InChI is InChI=1S/C20H26N6O/c1-13-9-14(2)26(23-13)16-5-7-24(10-16)19-17-6-8-25(20(27)15-3-4-15)11-18(17)21-12-22-19/h9,12,15-16H,3-8,10-11H2,1-2H3/t16-/m0/s1. The molecule has 0 spiro atoms. The molecule has 0 bridgehead atoms. The summed E-state index contributed by atoms with van der Waals surface area (Å²) in [6.07, 6.45) is 5.70. The van der Waals surface area contributed by atoms with E-state index in [0.717, 1.165) is 62.5 Å². The van der Waals surface area contributed by atoms with Gasteiger partial charge in [0.1, 0.15) is 12.1 Å². The molecule has 1 atom stereocenters. The number of aryl methyl sites for hydroxylation is 2. The van der Waals surface area contributed by atoms with Gasteiger partial charge in [-0.1, -0.05) is 0 Å². The summed E-state index contributed by atoms with van der Waals surface area (Å²) >= 11 is 0. The maximum absolute atomic E-state index is 12.4. The first-order chi connectivity index (χ1) is 13.1. The van der Waals surface area contributed by atoms with Crippen molar-refractivity contribution in [1.29, 1.82) is 0 Å². The highest BCUT2D eigenvalue weighted by Gasteiger charge is 2.36. The van der Waals surface area contributed by atoms with Crippen molar-refractivity contribution < 1.29 is 4.79 Å². The fourth-order valence-electron chi connectivity index (χ4n) is 4.54. The molecule has 3 aliphatic rings. The van der Waals surface area contributed by atoms with Crippen molar-refractivity contribution in [2.24, 2.45) is 5.92 Å². The number of carbonyl (C=O) groups excluding carboxylic acids is 1. The molecule has 2 fully saturated rings. The molecule has 1 saturated carbocycles. The molecular formula is C20H26N6O. The van der Waals surface area contributed by atoms with Gasteiger partial charge in [-0.2, -0.15) is 5.10 Å². The van der Waals surface area contributed by atoms with Crippen LogP contribution in [0.15, 0.2) is 12.4 Å². The summed E-state index contributed by atoms with van der Waals surface area (Å²) in [7, 11) is 0. The lowest BCUT2D eigenvalue weighted by molar-refractivity contribution is -0.133. The minimum Gasteiger partial charge on any atom is -0.354 e. The number of amides is 1. The van der Waals surface area contributed by atoms with Crippen molar-refractivity contribution in [2.45, 2.75) is 52.1 Å². The van der Waals surface area contributed by atoms with Crippen LogP contribution in [-0.4, -0.2) is 50.2 Å². The summed E-state index contributed by atoms with van der Waals surface area (Å²) in [4.78, 5) is 25.9. The average molecular weight is 366 g/mol. The Kier molecular flexibility index (Phi) is 3.91. The van der Waals surface area contributed by atoms with Gasteiger partial charge in [-0.05, 0) is 45.6 Å². The van der Waals surface area contributed by atoms with Gasteiger partial charge >= 0.3 is 0 Å². The molecule has 0 N–H and O–H groups in total. The van der Waals surface area contributed by atoms with Crippen molar-refractivity contribution in [3.8, 4) is 0 Å². The molecule has 0 unspecified atom stereocenters. The molecule has 2 aromatic rings. The van der Waals surface area contributed by atoms with Gasteiger partial charge in [0.25, 0.3) is 0 Å². The molecule has 7 nitrogen and oxygen atoms in total. The number of rotatable bonds is 3. The zero-order chi connectivity index (χ0) is 18.5. The number of hydrogen-bond acceptors (Lipinski definition) is 5. The summed E-state index contributed by atoms with van der Waals surface area (Å²) in [5.74, 6) is 1.64. The van der Waals surface area contributed by atoms with Crippen LogP contribution >= 0.6 is 0 Å². The van der Waals surface area contributed by atoms with E-state index in [1.165, 1.54) is 11.3 Å². The van der Waals surface area contributed by atoms with Crippen LogP contribution in [0.3, 0.4) is 0 Å². The van der Waals surface area contributed by atoms with Crippen LogP contribution in [0.5, 0.6) is 0 Å². The maximum atomic E-state index is 12.4. The Hall–Kier alpha value is -2.44. The second-order valence-electron chi connectivity index (χ2n) is 8.17. The largest absolute Gasteiger partial charge is 0.354 e. The maximum Gasteiger partial charge on any atom is 0.226 e. The molecule has 1 aliphatic carbocycles. The third-order valence-corrected chi connectivity index (χ3v) is 6.08. The van der Waals surface area contributed by atoms with Crippen LogP contribution in [0, 0.1) is 19.8 Å². The van der Waals surface area contributed by atoms with Crippen molar-refractivity contribution in [1.82, 2.24) is 24.6 Å². The Morgan fingerprint density at radius 2 is 2.00 bits per heavy atom. The number of aromatic nitrogens is 4. The van der Waals surface area contributed by atoms with Crippen molar-refractivity contribution in [3.63, 3.8) is 0 Å². The molecule has 1 saturated heterocycles. The van der Waals surface area contributed by atoms with E-state index in [4.69, 9.17) is 0 Å². The Morgan fingerprint density at radius 1 is 1.15 bits per heavy atom. The second kappa shape index (κ2) is 6.32. The van der Waals surface area contributed by atoms with Gasteiger partial charge < -0.3 is 9.80 Å². The third-order valence-electron chi connectivity index (χ3n) is 6.08. The molecule has 27 heavy (non-hydrogen) atoms. The van der Waals surface area contributed by atoms with E-state index < -0.39 is 0 Å². The number of carbonyl (C=O) groups is 1. The van der Waals surface area contributed by atoms with E-state index >= 15 is 0 Å². The Morgan fingerprint density at radius 3 is 2.74 bits per heavy atom. The number of fused-ring (bicyclic) bond motifs is 1. The Labute approximate surface area is 159 Å². The quantitative estimate of drug-likeness (QED) is 0.832. The smallest absolute Gasteiger partial charge is 0.226 e. The molecule has 2 aromatic heterocycles. The molecule has 4 heterocycles. The van der Waals surface area contributed by atoms with E-state index in [0.29, 0.717) is 18.5 Å². The lowest BCUT2D eigenvalue weighted by Gasteiger charge is -2.31. The van der Waals surface area contributed by atoms with Gasteiger partial charge in [0.15, 0.2) is 0 Å². The minimum absolute atomic E-state index is 0.271. The highest BCUT2D eigenvalue weighted by Crippen LogP contribution is 2.35. The molecular weight excluding hydrogens is 340 g/mol. The van der Waals surface area contributed by atoms with E-state index in [-0.39, 0.29) is 5.92 Å². The number of anilines is 1. The van der Waals surface area contributed by atoms with Gasteiger partial charge in [0, 0.05) is 36.8 Å². The van der Waals surface area contributed by atoms with Crippen LogP contribution < -0.4 is 4.90 Å². The summed E-state index contributed by atoms with van der Waals surface area (Å²) in [6, 6.07) is 2.53. The first-order valence-electron chi connectivity index (χ1n) is 9.99. The number of hydrogen-bond donors (Lipinski definition) is 0. The molecule has 2 aliphatic heterocycles. The molecule has 7 heteroatoms. The fraction of sp³-hybridized carbons (Fsp3) is 0.600. The predicted octanol–water partition coefficient (Wildman–Crippen LogP) is 2.04. The van der Waals surface area contributed by atoms with E-state index in [9.17, 15) is 4.79 Å². The summed E-state index contributed by atoms with van der Waals surface area (Å²) in [5, 5.41) is 4.67. The highest BCUT2D eigenvalue weighted by molar-refractivity contribution is 5.81. The third kappa shape index (κ3) is 2.99. The van der Waals surface area contributed by atoms with Crippen molar-refractivity contribution >= 4 is 11.7 Å². The first kappa shape index (κ1) is 16.7. The van der Waals surface area contributed by atoms with Crippen molar-refractivity contribution in [2.75, 3.05) is 24.5 Å². The average Bonchev–Trinajstić information content (AvgIpc) is 3.31. The van der Waals surface area contributed by atoms with Gasteiger partial charge in [-0.25, -0.2) is 9.97 Å². The molecule has 5 rings (SSSR count). The molecule has 0 radical (unpaired) electrons. The van der Waals surface area contributed by atoms with Crippen LogP contribution in [0.2, 0.25) is 0 Å².